The average molecular weight is 252 g/mol. The van der Waals surface area contributed by atoms with Crippen LogP contribution in [0.3, 0.4) is 0 Å². The van der Waals surface area contributed by atoms with Gasteiger partial charge in [-0.3, -0.25) is 4.99 Å². The molecule has 94 valence electrons. The van der Waals surface area contributed by atoms with Gasteiger partial charge in [0.25, 0.3) is 0 Å². The van der Waals surface area contributed by atoms with Crippen molar-refractivity contribution >= 4 is 16.9 Å². The molecule has 5 heteroatoms. The van der Waals surface area contributed by atoms with Crippen LogP contribution in [0.1, 0.15) is 26.7 Å². The second-order valence-electron chi connectivity index (χ2n) is 4.48. The van der Waals surface area contributed by atoms with Gasteiger partial charge >= 0.3 is 0 Å². The van der Waals surface area contributed by atoms with E-state index in [-0.39, 0.29) is 0 Å². The fraction of sp³-hybridized carbons (Fsp3) is 0.667. The van der Waals surface area contributed by atoms with Gasteiger partial charge in [0.15, 0.2) is 5.17 Å². The first kappa shape index (κ1) is 12.5. The van der Waals surface area contributed by atoms with Gasteiger partial charge in [-0.25, -0.2) is 4.98 Å². The smallest absolute Gasteiger partial charge is 0.157 e. The second kappa shape index (κ2) is 6.10. The van der Waals surface area contributed by atoms with Gasteiger partial charge < -0.3 is 9.88 Å². The predicted octanol–water partition coefficient (Wildman–Crippen LogP) is 2.13. The van der Waals surface area contributed by atoms with Gasteiger partial charge in [-0.1, -0.05) is 25.1 Å². The standard InChI is InChI=1S/C12H20N4S/c1-3-4-11-7-14-12(17-11)15-10(2)8-16-6-5-13-9-16/h5-6,9-11H,3-4,7-8H2,1-2H3,(H,14,15). The van der Waals surface area contributed by atoms with E-state index in [1.165, 1.54) is 12.8 Å². The zero-order valence-electron chi connectivity index (χ0n) is 10.5. The van der Waals surface area contributed by atoms with Crippen LogP contribution in [0.25, 0.3) is 0 Å². The molecule has 0 bridgehead atoms. The summed E-state index contributed by atoms with van der Waals surface area (Å²) in [5.41, 5.74) is 0. The van der Waals surface area contributed by atoms with Gasteiger partial charge in [-0.15, -0.1) is 0 Å². The third kappa shape index (κ3) is 3.77. The molecular formula is C12H20N4S. The van der Waals surface area contributed by atoms with E-state index in [2.05, 4.69) is 33.7 Å². The average Bonchev–Trinajstić information content (AvgIpc) is 2.91. The Morgan fingerprint density at radius 3 is 3.24 bits per heavy atom. The third-order valence-corrected chi connectivity index (χ3v) is 3.93. The van der Waals surface area contributed by atoms with Crippen molar-refractivity contribution in [1.29, 1.82) is 0 Å². The Morgan fingerprint density at radius 2 is 2.53 bits per heavy atom. The first-order valence-electron chi connectivity index (χ1n) is 6.21. The van der Waals surface area contributed by atoms with Crippen molar-refractivity contribution in [2.75, 3.05) is 6.54 Å². The highest BCUT2D eigenvalue weighted by molar-refractivity contribution is 8.14. The number of nitrogens with one attached hydrogen (secondary N) is 1. The number of hydrogen-bond donors (Lipinski definition) is 1. The summed E-state index contributed by atoms with van der Waals surface area (Å²) < 4.78 is 2.08. The van der Waals surface area contributed by atoms with E-state index < -0.39 is 0 Å². The van der Waals surface area contributed by atoms with E-state index in [1.807, 2.05) is 30.5 Å². The normalized spacial score (nSPS) is 21.3. The maximum atomic E-state index is 4.55. The summed E-state index contributed by atoms with van der Waals surface area (Å²) in [7, 11) is 0. The van der Waals surface area contributed by atoms with Crippen LogP contribution < -0.4 is 5.32 Å². The van der Waals surface area contributed by atoms with Crippen LogP contribution in [0, 0.1) is 0 Å². The molecule has 2 heterocycles. The Labute approximate surface area is 107 Å². The van der Waals surface area contributed by atoms with Crippen molar-refractivity contribution < 1.29 is 0 Å². The fourth-order valence-corrected chi connectivity index (χ4v) is 3.17. The van der Waals surface area contributed by atoms with Crippen LogP contribution in [0.2, 0.25) is 0 Å². The minimum absolute atomic E-state index is 0.385. The highest BCUT2D eigenvalue weighted by atomic mass is 32.2. The Bertz CT molecular complexity index is 361. The number of amidine groups is 1. The van der Waals surface area contributed by atoms with Crippen LogP contribution in [-0.2, 0) is 6.54 Å². The van der Waals surface area contributed by atoms with E-state index >= 15 is 0 Å². The predicted molar refractivity (Wildman–Crippen MR) is 73.4 cm³/mol. The molecule has 0 aliphatic carbocycles. The molecule has 0 amide bonds. The van der Waals surface area contributed by atoms with Crippen molar-refractivity contribution in [3.8, 4) is 0 Å². The fourth-order valence-electron chi connectivity index (χ4n) is 1.94. The summed E-state index contributed by atoms with van der Waals surface area (Å²) in [6, 6.07) is 0.385. The zero-order chi connectivity index (χ0) is 12.1. The van der Waals surface area contributed by atoms with Crippen LogP contribution >= 0.6 is 11.8 Å². The number of nitrogens with zero attached hydrogens (tertiary/aromatic N) is 3. The number of hydrogen-bond acceptors (Lipinski definition) is 4. The largest absolute Gasteiger partial charge is 0.361 e. The maximum absolute atomic E-state index is 4.55. The minimum atomic E-state index is 0.385. The molecule has 2 rings (SSSR count). The molecule has 2 unspecified atom stereocenters. The third-order valence-electron chi connectivity index (χ3n) is 2.74. The summed E-state index contributed by atoms with van der Waals surface area (Å²) in [5, 5.41) is 5.26. The van der Waals surface area contributed by atoms with Crippen LogP contribution in [0.4, 0.5) is 0 Å². The van der Waals surface area contributed by atoms with Crippen LogP contribution in [-0.4, -0.2) is 32.6 Å². The maximum Gasteiger partial charge on any atom is 0.157 e. The van der Waals surface area contributed by atoms with E-state index in [4.69, 9.17) is 0 Å². The lowest BCUT2D eigenvalue weighted by Crippen LogP contribution is -2.33. The molecule has 0 fully saturated rings. The molecule has 1 aliphatic rings. The molecule has 1 aromatic heterocycles. The monoisotopic (exact) mass is 252 g/mol. The van der Waals surface area contributed by atoms with Crippen molar-refractivity contribution in [1.82, 2.24) is 14.9 Å². The molecule has 1 aromatic rings. The minimum Gasteiger partial charge on any atom is -0.361 e. The topological polar surface area (TPSA) is 42.2 Å². The van der Waals surface area contributed by atoms with Gasteiger partial charge in [0.05, 0.1) is 12.9 Å². The van der Waals surface area contributed by atoms with E-state index in [0.717, 1.165) is 18.3 Å². The Balaban J connectivity index is 1.74. The molecule has 0 spiro atoms. The number of aliphatic imine (C=N–C) groups is 1. The van der Waals surface area contributed by atoms with Crippen molar-refractivity contribution in [2.45, 2.75) is 44.5 Å². The number of thioether (sulfide) groups is 1. The molecule has 1 N–H and O–H groups in total. The van der Waals surface area contributed by atoms with Gasteiger partial charge in [-0.2, -0.15) is 0 Å². The van der Waals surface area contributed by atoms with Crippen LogP contribution in [0.15, 0.2) is 23.7 Å². The summed E-state index contributed by atoms with van der Waals surface area (Å²) >= 11 is 1.89. The Hall–Kier alpha value is -0.970. The van der Waals surface area contributed by atoms with Crippen molar-refractivity contribution in [3.63, 3.8) is 0 Å². The van der Waals surface area contributed by atoms with Gasteiger partial charge in [0, 0.05) is 30.2 Å². The van der Waals surface area contributed by atoms with E-state index in [1.54, 1.807) is 0 Å². The van der Waals surface area contributed by atoms with E-state index in [9.17, 15) is 0 Å². The molecule has 0 saturated carbocycles. The molecule has 0 saturated heterocycles. The van der Waals surface area contributed by atoms with E-state index in [0.29, 0.717) is 11.3 Å². The SMILES string of the molecule is CCCC1CN=C(NC(C)Cn2ccnc2)S1. The molecular weight excluding hydrogens is 232 g/mol. The van der Waals surface area contributed by atoms with Gasteiger partial charge in [-0.05, 0) is 13.3 Å². The highest BCUT2D eigenvalue weighted by Gasteiger charge is 2.19. The molecule has 4 nitrogen and oxygen atoms in total. The molecule has 2 atom stereocenters. The molecule has 0 aromatic carbocycles. The summed E-state index contributed by atoms with van der Waals surface area (Å²) in [4.78, 5) is 8.59. The summed E-state index contributed by atoms with van der Waals surface area (Å²) in [5.74, 6) is 0. The lowest BCUT2D eigenvalue weighted by molar-refractivity contribution is 0.548. The zero-order valence-corrected chi connectivity index (χ0v) is 11.3. The molecule has 17 heavy (non-hydrogen) atoms. The summed E-state index contributed by atoms with van der Waals surface area (Å²) in [6.45, 7) is 6.31. The van der Waals surface area contributed by atoms with Crippen molar-refractivity contribution in [3.05, 3.63) is 18.7 Å². The first-order chi connectivity index (χ1) is 8.28. The lowest BCUT2D eigenvalue weighted by Gasteiger charge is -2.15. The summed E-state index contributed by atoms with van der Waals surface area (Å²) in [6.07, 6.45) is 8.15. The number of rotatable bonds is 5. The Morgan fingerprint density at radius 1 is 1.65 bits per heavy atom. The lowest BCUT2D eigenvalue weighted by atomic mass is 10.2. The Kier molecular flexibility index (Phi) is 4.48. The van der Waals surface area contributed by atoms with Crippen molar-refractivity contribution in [2.24, 2.45) is 4.99 Å². The van der Waals surface area contributed by atoms with Gasteiger partial charge in [0.2, 0.25) is 0 Å². The van der Waals surface area contributed by atoms with Crippen LogP contribution in [0.5, 0.6) is 0 Å². The molecule has 0 radical (unpaired) electrons. The number of imidazole rings is 1. The molecule has 1 aliphatic heterocycles. The number of aromatic nitrogens is 2. The first-order valence-corrected chi connectivity index (χ1v) is 7.09. The quantitative estimate of drug-likeness (QED) is 0.873. The van der Waals surface area contributed by atoms with Gasteiger partial charge in [0.1, 0.15) is 0 Å². The highest BCUT2D eigenvalue weighted by Crippen LogP contribution is 2.23. The second-order valence-corrected chi connectivity index (χ2v) is 5.77.